The summed E-state index contributed by atoms with van der Waals surface area (Å²) in [5, 5.41) is 3.69. The van der Waals surface area contributed by atoms with E-state index in [9.17, 15) is 9.18 Å². The lowest BCUT2D eigenvalue weighted by molar-refractivity contribution is 0.0948. The van der Waals surface area contributed by atoms with Crippen molar-refractivity contribution in [1.29, 1.82) is 0 Å². The van der Waals surface area contributed by atoms with Gasteiger partial charge < -0.3 is 5.32 Å². The highest BCUT2D eigenvalue weighted by molar-refractivity contribution is 9.10. The van der Waals surface area contributed by atoms with Crippen molar-refractivity contribution in [2.24, 2.45) is 5.92 Å². The summed E-state index contributed by atoms with van der Waals surface area (Å²) in [5.41, 5.74) is 0.0896. The summed E-state index contributed by atoms with van der Waals surface area (Å²) < 4.78 is 14.1. The summed E-state index contributed by atoms with van der Waals surface area (Å²) in [4.78, 5) is 11.7. The van der Waals surface area contributed by atoms with E-state index in [2.05, 4.69) is 44.1 Å². The second-order valence-corrected chi connectivity index (χ2v) is 5.84. The van der Waals surface area contributed by atoms with Gasteiger partial charge in [-0.05, 0) is 37.0 Å². The Morgan fingerprint density at radius 1 is 1.50 bits per heavy atom. The van der Waals surface area contributed by atoms with Crippen LogP contribution in [0, 0.1) is 11.7 Å². The summed E-state index contributed by atoms with van der Waals surface area (Å²) in [6.07, 6.45) is 1.94. The third-order valence-electron chi connectivity index (χ3n) is 2.60. The van der Waals surface area contributed by atoms with Crippen molar-refractivity contribution >= 4 is 37.8 Å². The van der Waals surface area contributed by atoms with E-state index in [0.29, 0.717) is 16.9 Å². The normalized spacial score (nSPS) is 12.2. The van der Waals surface area contributed by atoms with Crippen molar-refractivity contribution < 1.29 is 9.18 Å². The van der Waals surface area contributed by atoms with Gasteiger partial charge in [-0.25, -0.2) is 4.39 Å². The standard InChI is InChI=1S/C13H16Br2FNO/c1-9(8-14)3-2-6-17-13(18)11-5-4-10(15)7-12(11)16/h4-5,7,9H,2-3,6,8H2,1H3,(H,17,18). The fourth-order valence-corrected chi connectivity index (χ4v) is 2.16. The van der Waals surface area contributed by atoms with Gasteiger partial charge in [0, 0.05) is 16.3 Å². The van der Waals surface area contributed by atoms with Crippen LogP contribution in [0.5, 0.6) is 0 Å². The molecule has 18 heavy (non-hydrogen) atoms. The van der Waals surface area contributed by atoms with Crippen LogP contribution < -0.4 is 5.32 Å². The molecule has 0 spiro atoms. The van der Waals surface area contributed by atoms with Crippen LogP contribution in [0.2, 0.25) is 0 Å². The van der Waals surface area contributed by atoms with E-state index in [-0.39, 0.29) is 11.5 Å². The second kappa shape index (κ2) is 7.89. The monoisotopic (exact) mass is 379 g/mol. The molecule has 0 radical (unpaired) electrons. The Hall–Kier alpha value is -0.420. The summed E-state index contributed by atoms with van der Waals surface area (Å²) in [7, 11) is 0. The molecule has 0 aromatic heterocycles. The first-order valence-electron chi connectivity index (χ1n) is 5.83. The smallest absolute Gasteiger partial charge is 0.254 e. The van der Waals surface area contributed by atoms with Crippen molar-refractivity contribution in [3.8, 4) is 0 Å². The van der Waals surface area contributed by atoms with E-state index in [1.54, 1.807) is 6.07 Å². The number of rotatable bonds is 6. The number of amides is 1. The number of hydrogen-bond acceptors (Lipinski definition) is 1. The molecule has 100 valence electrons. The first kappa shape index (κ1) is 15.6. The van der Waals surface area contributed by atoms with Crippen molar-refractivity contribution in [2.45, 2.75) is 19.8 Å². The van der Waals surface area contributed by atoms with Gasteiger partial charge in [-0.15, -0.1) is 0 Å². The third-order valence-corrected chi connectivity index (χ3v) is 4.20. The average molecular weight is 381 g/mol. The second-order valence-electron chi connectivity index (χ2n) is 4.28. The van der Waals surface area contributed by atoms with Gasteiger partial charge in [0.25, 0.3) is 5.91 Å². The van der Waals surface area contributed by atoms with E-state index in [1.807, 2.05) is 0 Å². The van der Waals surface area contributed by atoms with Crippen LogP contribution in [0.1, 0.15) is 30.1 Å². The molecule has 1 rings (SSSR count). The van der Waals surface area contributed by atoms with Gasteiger partial charge in [-0.3, -0.25) is 4.79 Å². The Labute approximate surface area is 124 Å². The summed E-state index contributed by atoms with van der Waals surface area (Å²) in [5.74, 6) is -0.270. The van der Waals surface area contributed by atoms with Gasteiger partial charge in [0.1, 0.15) is 5.82 Å². The van der Waals surface area contributed by atoms with E-state index < -0.39 is 5.82 Å². The predicted octanol–water partition coefficient (Wildman–Crippen LogP) is 4.13. The zero-order valence-corrected chi connectivity index (χ0v) is 13.4. The number of benzene rings is 1. The molecule has 1 aromatic carbocycles. The fourth-order valence-electron chi connectivity index (χ4n) is 1.50. The quantitative estimate of drug-likeness (QED) is 0.583. The fraction of sp³-hybridized carbons (Fsp3) is 0.462. The lowest BCUT2D eigenvalue weighted by Crippen LogP contribution is -2.25. The highest BCUT2D eigenvalue weighted by Gasteiger charge is 2.11. The van der Waals surface area contributed by atoms with Crippen molar-refractivity contribution in [2.75, 3.05) is 11.9 Å². The molecule has 0 saturated carbocycles. The number of nitrogens with one attached hydrogen (secondary N) is 1. The molecule has 0 aliphatic rings. The van der Waals surface area contributed by atoms with Crippen molar-refractivity contribution in [3.63, 3.8) is 0 Å². The molecule has 1 N–H and O–H groups in total. The molecule has 5 heteroatoms. The van der Waals surface area contributed by atoms with Crippen LogP contribution in [0.25, 0.3) is 0 Å². The molecular formula is C13H16Br2FNO. The summed E-state index contributed by atoms with van der Waals surface area (Å²) >= 11 is 6.56. The lowest BCUT2D eigenvalue weighted by atomic mass is 10.1. The Kier molecular flexibility index (Phi) is 6.86. The molecule has 0 saturated heterocycles. The Bertz CT molecular complexity index is 412. The minimum absolute atomic E-state index is 0.0896. The zero-order valence-electron chi connectivity index (χ0n) is 10.2. The first-order chi connectivity index (χ1) is 8.54. The van der Waals surface area contributed by atoms with Gasteiger partial charge in [-0.2, -0.15) is 0 Å². The molecule has 1 aromatic rings. The molecule has 0 aliphatic carbocycles. The van der Waals surface area contributed by atoms with Crippen LogP contribution in [-0.2, 0) is 0 Å². The highest BCUT2D eigenvalue weighted by atomic mass is 79.9. The SMILES string of the molecule is CC(CBr)CCCNC(=O)c1ccc(Br)cc1F. The average Bonchev–Trinajstić information content (AvgIpc) is 2.34. The number of carbonyl (C=O) groups is 1. The topological polar surface area (TPSA) is 29.1 Å². The Morgan fingerprint density at radius 2 is 2.22 bits per heavy atom. The number of alkyl halides is 1. The van der Waals surface area contributed by atoms with Gasteiger partial charge in [0.15, 0.2) is 0 Å². The zero-order chi connectivity index (χ0) is 13.5. The van der Waals surface area contributed by atoms with Gasteiger partial charge in [0.05, 0.1) is 5.56 Å². The minimum atomic E-state index is -0.504. The molecule has 2 nitrogen and oxygen atoms in total. The van der Waals surface area contributed by atoms with Crippen LogP contribution in [-0.4, -0.2) is 17.8 Å². The predicted molar refractivity (Wildman–Crippen MR) is 78.6 cm³/mol. The van der Waals surface area contributed by atoms with Crippen LogP contribution in [0.3, 0.4) is 0 Å². The maximum absolute atomic E-state index is 13.5. The summed E-state index contributed by atoms with van der Waals surface area (Å²) in [6, 6.07) is 4.43. The largest absolute Gasteiger partial charge is 0.352 e. The number of hydrogen-bond donors (Lipinski definition) is 1. The lowest BCUT2D eigenvalue weighted by Gasteiger charge is -2.09. The van der Waals surface area contributed by atoms with E-state index in [4.69, 9.17) is 0 Å². The van der Waals surface area contributed by atoms with Crippen molar-refractivity contribution in [1.82, 2.24) is 5.32 Å². The third kappa shape index (κ3) is 5.06. The molecule has 0 heterocycles. The van der Waals surface area contributed by atoms with Gasteiger partial charge >= 0.3 is 0 Å². The molecular weight excluding hydrogens is 365 g/mol. The van der Waals surface area contributed by atoms with E-state index in [1.165, 1.54) is 12.1 Å². The number of halogens is 3. The highest BCUT2D eigenvalue weighted by Crippen LogP contribution is 2.15. The molecule has 1 unspecified atom stereocenters. The Morgan fingerprint density at radius 3 is 2.83 bits per heavy atom. The van der Waals surface area contributed by atoms with E-state index in [0.717, 1.165) is 18.2 Å². The van der Waals surface area contributed by atoms with E-state index >= 15 is 0 Å². The molecule has 0 aliphatic heterocycles. The van der Waals surface area contributed by atoms with Crippen LogP contribution in [0.15, 0.2) is 22.7 Å². The van der Waals surface area contributed by atoms with Gasteiger partial charge in [-0.1, -0.05) is 38.8 Å². The Balaban J connectivity index is 2.41. The van der Waals surface area contributed by atoms with Crippen LogP contribution in [0.4, 0.5) is 4.39 Å². The minimum Gasteiger partial charge on any atom is -0.352 e. The van der Waals surface area contributed by atoms with Gasteiger partial charge in [0.2, 0.25) is 0 Å². The summed E-state index contributed by atoms with van der Waals surface area (Å²) in [6.45, 7) is 2.72. The number of carbonyl (C=O) groups excluding carboxylic acids is 1. The molecule has 0 bridgehead atoms. The maximum Gasteiger partial charge on any atom is 0.254 e. The first-order valence-corrected chi connectivity index (χ1v) is 7.75. The maximum atomic E-state index is 13.5. The van der Waals surface area contributed by atoms with Crippen molar-refractivity contribution in [3.05, 3.63) is 34.1 Å². The van der Waals surface area contributed by atoms with Crippen LogP contribution >= 0.6 is 31.9 Å². The molecule has 1 atom stereocenters. The molecule has 0 fully saturated rings. The molecule has 1 amide bonds.